The van der Waals surface area contributed by atoms with Gasteiger partial charge in [0.25, 0.3) is 0 Å². The zero-order valence-electron chi connectivity index (χ0n) is 10.8. The number of hydrogen-bond donors (Lipinski definition) is 1. The maximum atomic E-state index is 11.1. The van der Waals surface area contributed by atoms with Crippen molar-refractivity contribution in [3.8, 4) is 0 Å². The molecule has 0 fully saturated rings. The van der Waals surface area contributed by atoms with Crippen LogP contribution < -0.4 is 0 Å². The number of rotatable bonds is 3. The molecule has 0 radical (unpaired) electrons. The predicted molar refractivity (Wildman–Crippen MR) is 73.5 cm³/mol. The van der Waals surface area contributed by atoms with Gasteiger partial charge in [0.2, 0.25) is 0 Å². The van der Waals surface area contributed by atoms with E-state index in [0.29, 0.717) is 6.42 Å². The molecule has 0 amide bonds. The first-order valence-corrected chi connectivity index (χ1v) is 7.25. The second kappa shape index (κ2) is 4.81. The number of fused-ring (bicyclic) bond motifs is 1. The third kappa shape index (κ3) is 2.30. The Morgan fingerprint density at radius 1 is 1.63 bits per heavy atom. The summed E-state index contributed by atoms with van der Waals surface area (Å²) in [5, 5.41) is 9.14. The van der Waals surface area contributed by atoms with Gasteiger partial charge in [0, 0.05) is 22.1 Å². The van der Waals surface area contributed by atoms with Crippen LogP contribution in [0, 0.1) is 12.8 Å². The van der Waals surface area contributed by atoms with Crippen LogP contribution in [-0.2, 0) is 24.2 Å². The van der Waals surface area contributed by atoms with Crippen LogP contribution in [0.2, 0.25) is 0 Å². The van der Waals surface area contributed by atoms with Gasteiger partial charge in [-0.15, -0.1) is 11.3 Å². The van der Waals surface area contributed by atoms with Crippen LogP contribution in [0.5, 0.6) is 0 Å². The lowest BCUT2D eigenvalue weighted by Crippen LogP contribution is -2.21. The Morgan fingerprint density at radius 3 is 3.16 bits per heavy atom. The van der Waals surface area contributed by atoms with Gasteiger partial charge in [0.15, 0.2) is 0 Å². The Bertz CT molecular complexity index is 601. The molecule has 3 rings (SSSR count). The minimum absolute atomic E-state index is 0.202. The van der Waals surface area contributed by atoms with Crippen molar-refractivity contribution >= 4 is 17.3 Å². The first-order chi connectivity index (χ1) is 9.15. The highest BCUT2D eigenvalue weighted by Gasteiger charge is 2.27. The van der Waals surface area contributed by atoms with E-state index in [4.69, 9.17) is 5.11 Å². The van der Waals surface area contributed by atoms with Crippen molar-refractivity contribution < 1.29 is 9.90 Å². The average Bonchev–Trinajstić information content (AvgIpc) is 2.99. The summed E-state index contributed by atoms with van der Waals surface area (Å²) >= 11 is 1.77. The van der Waals surface area contributed by atoms with Crippen molar-refractivity contribution in [2.75, 3.05) is 0 Å². The van der Waals surface area contributed by atoms with Crippen molar-refractivity contribution in [1.29, 1.82) is 0 Å². The standard InChI is InChI=1S/C14H16N2O2S/c1-9-11-3-2-10(14(17)18)6-12(11)19-13(9)7-16-5-4-15-8-16/h4-5,8,10H,2-3,6-7H2,1H3,(H,17,18). The molecule has 5 heteroatoms. The largest absolute Gasteiger partial charge is 0.481 e. The van der Waals surface area contributed by atoms with Gasteiger partial charge >= 0.3 is 5.97 Å². The van der Waals surface area contributed by atoms with Gasteiger partial charge in [-0.05, 0) is 37.3 Å². The van der Waals surface area contributed by atoms with Gasteiger partial charge in [-0.3, -0.25) is 4.79 Å². The van der Waals surface area contributed by atoms with E-state index in [9.17, 15) is 4.79 Å². The molecule has 19 heavy (non-hydrogen) atoms. The maximum absolute atomic E-state index is 11.1. The van der Waals surface area contributed by atoms with E-state index in [1.165, 1.54) is 20.9 Å². The molecule has 0 aromatic carbocycles. The van der Waals surface area contributed by atoms with Crippen LogP contribution in [0.1, 0.15) is 27.3 Å². The lowest BCUT2D eigenvalue weighted by Gasteiger charge is -2.18. The zero-order valence-corrected chi connectivity index (χ0v) is 11.6. The van der Waals surface area contributed by atoms with Crippen molar-refractivity contribution in [1.82, 2.24) is 9.55 Å². The molecule has 0 aliphatic heterocycles. The van der Waals surface area contributed by atoms with E-state index in [2.05, 4.69) is 16.5 Å². The normalized spacial score (nSPS) is 18.3. The number of aliphatic carboxylic acids is 1. The molecule has 0 saturated carbocycles. The van der Waals surface area contributed by atoms with Gasteiger partial charge in [-0.25, -0.2) is 4.98 Å². The smallest absolute Gasteiger partial charge is 0.306 e. The third-order valence-corrected chi connectivity index (χ3v) is 5.20. The van der Waals surface area contributed by atoms with Gasteiger partial charge in [0.05, 0.1) is 18.8 Å². The van der Waals surface area contributed by atoms with Crippen LogP contribution in [0.25, 0.3) is 0 Å². The molecule has 100 valence electrons. The molecular weight excluding hydrogens is 260 g/mol. The zero-order chi connectivity index (χ0) is 13.4. The summed E-state index contributed by atoms with van der Waals surface area (Å²) in [5.41, 5.74) is 2.73. The summed E-state index contributed by atoms with van der Waals surface area (Å²) in [6.07, 6.45) is 7.92. The lowest BCUT2D eigenvalue weighted by molar-refractivity contribution is -0.142. The van der Waals surface area contributed by atoms with Crippen LogP contribution in [-0.4, -0.2) is 20.6 Å². The SMILES string of the molecule is Cc1c(Cn2ccnc2)sc2c1CCC(C(=O)O)C2. The van der Waals surface area contributed by atoms with E-state index >= 15 is 0 Å². The molecule has 1 aliphatic carbocycles. The van der Waals surface area contributed by atoms with Gasteiger partial charge in [-0.1, -0.05) is 0 Å². The number of carboxylic acid groups (broad SMARTS) is 1. The Hall–Kier alpha value is -1.62. The van der Waals surface area contributed by atoms with Crippen molar-refractivity contribution in [3.05, 3.63) is 39.6 Å². The summed E-state index contributed by atoms with van der Waals surface area (Å²) in [6.45, 7) is 2.99. The van der Waals surface area contributed by atoms with Crippen molar-refractivity contribution in [2.24, 2.45) is 5.92 Å². The van der Waals surface area contributed by atoms with Crippen LogP contribution in [0.3, 0.4) is 0 Å². The molecule has 1 atom stereocenters. The first-order valence-electron chi connectivity index (χ1n) is 6.43. The van der Waals surface area contributed by atoms with Gasteiger partial charge in [0.1, 0.15) is 0 Å². The number of thiophene rings is 1. The van der Waals surface area contributed by atoms with Crippen LogP contribution in [0.15, 0.2) is 18.7 Å². The second-order valence-corrected chi connectivity index (χ2v) is 6.25. The van der Waals surface area contributed by atoms with Gasteiger partial charge in [-0.2, -0.15) is 0 Å². The molecular formula is C14H16N2O2S. The quantitative estimate of drug-likeness (QED) is 0.937. The monoisotopic (exact) mass is 276 g/mol. The van der Waals surface area contributed by atoms with E-state index in [0.717, 1.165) is 19.4 Å². The lowest BCUT2D eigenvalue weighted by atomic mass is 9.87. The minimum atomic E-state index is -0.659. The Morgan fingerprint density at radius 2 is 2.47 bits per heavy atom. The molecule has 0 bridgehead atoms. The van der Waals surface area contributed by atoms with Crippen LogP contribution in [0.4, 0.5) is 0 Å². The highest BCUT2D eigenvalue weighted by Crippen LogP contribution is 2.36. The molecule has 1 aliphatic rings. The van der Waals surface area contributed by atoms with Crippen molar-refractivity contribution in [3.63, 3.8) is 0 Å². The van der Waals surface area contributed by atoms with Crippen molar-refractivity contribution in [2.45, 2.75) is 32.7 Å². The molecule has 2 aromatic rings. The number of carboxylic acids is 1. The predicted octanol–water partition coefficient (Wildman–Crippen LogP) is 2.49. The number of aromatic nitrogens is 2. The summed E-state index contributed by atoms with van der Waals surface area (Å²) in [5.74, 6) is -0.862. The summed E-state index contributed by atoms with van der Waals surface area (Å²) in [7, 11) is 0. The molecule has 2 aromatic heterocycles. The molecule has 1 N–H and O–H groups in total. The molecule has 2 heterocycles. The number of hydrogen-bond acceptors (Lipinski definition) is 3. The third-order valence-electron chi connectivity index (χ3n) is 3.86. The fraction of sp³-hybridized carbons (Fsp3) is 0.429. The van der Waals surface area contributed by atoms with E-state index in [1.807, 2.05) is 12.5 Å². The highest BCUT2D eigenvalue weighted by atomic mass is 32.1. The summed E-state index contributed by atoms with van der Waals surface area (Å²) < 4.78 is 2.05. The Balaban J connectivity index is 1.87. The highest BCUT2D eigenvalue weighted by molar-refractivity contribution is 7.12. The van der Waals surface area contributed by atoms with E-state index < -0.39 is 5.97 Å². The number of nitrogens with zero attached hydrogens (tertiary/aromatic N) is 2. The summed E-state index contributed by atoms with van der Waals surface area (Å²) in [6, 6.07) is 0. The van der Waals surface area contributed by atoms with Crippen LogP contribution >= 0.6 is 11.3 Å². The average molecular weight is 276 g/mol. The minimum Gasteiger partial charge on any atom is -0.481 e. The summed E-state index contributed by atoms with van der Waals surface area (Å²) in [4.78, 5) is 17.8. The topological polar surface area (TPSA) is 55.1 Å². The number of carbonyl (C=O) groups is 1. The van der Waals surface area contributed by atoms with E-state index in [1.54, 1.807) is 17.5 Å². The van der Waals surface area contributed by atoms with Gasteiger partial charge < -0.3 is 9.67 Å². The molecule has 4 nitrogen and oxygen atoms in total. The number of imidazole rings is 1. The molecule has 1 unspecified atom stereocenters. The Kier molecular flexibility index (Phi) is 3.14. The molecule has 0 spiro atoms. The Labute approximate surface area is 115 Å². The van der Waals surface area contributed by atoms with E-state index in [-0.39, 0.29) is 5.92 Å². The molecule has 0 saturated heterocycles. The fourth-order valence-electron chi connectivity index (χ4n) is 2.71. The maximum Gasteiger partial charge on any atom is 0.306 e. The second-order valence-electron chi connectivity index (χ2n) is 5.06. The first kappa shape index (κ1) is 12.4. The fourth-order valence-corrected chi connectivity index (χ4v) is 4.16.